The molecule has 2 fully saturated rings. The van der Waals surface area contributed by atoms with Crippen LogP contribution in [0.25, 0.3) is 0 Å². The quantitative estimate of drug-likeness (QED) is 0.795. The van der Waals surface area contributed by atoms with Gasteiger partial charge in [-0.3, -0.25) is 9.59 Å². The summed E-state index contributed by atoms with van der Waals surface area (Å²) in [4.78, 5) is 29.6. The van der Waals surface area contributed by atoms with Crippen molar-refractivity contribution in [3.63, 3.8) is 0 Å². The van der Waals surface area contributed by atoms with Gasteiger partial charge in [0.1, 0.15) is 11.5 Å². The van der Waals surface area contributed by atoms with Gasteiger partial charge >= 0.3 is 0 Å². The second-order valence-electron chi connectivity index (χ2n) is 7.75. The predicted octanol–water partition coefficient (Wildman–Crippen LogP) is 2.52. The lowest BCUT2D eigenvalue weighted by atomic mass is 9.87. The lowest BCUT2D eigenvalue weighted by Crippen LogP contribution is -2.38. The zero-order valence-corrected chi connectivity index (χ0v) is 16.7. The van der Waals surface area contributed by atoms with Gasteiger partial charge in [-0.1, -0.05) is 19.9 Å². The van der Waals surface area contributed by atoms with Gasteiger partial charge in [-0.2, -0.15) is 0 Å². The third-order valence-corrected chi connectivity index (χ3v) is 5.70. The van der Waals surface area contributed by atoms with Crippen molar-refractivity contribution in [2.75, 3.05) is 40.4 Å². The molecule has 2 atom stereocenters. The van der Waals surface area contributed by atoms with Crippen LogP contribution in [0, 0.1) is 11.8 Å². The minimum Gasteiger partial charge on any atom is -0.497 e. The molecule has 0 N–H and O–H groups in total. The highest BCUT2D eigenvalue weighted by Crippen LogP contribution is 2.40. The summed E-state index contributed by atoms with van der Waals surface area (Å²) in [6.07, 6.45) is 2.12. The average molecular weight is 374 g/mol. The molecule has 27 heavy (non-hydrogen) atoms. The van der Waals surface area contributed by atoms with E-state index in [1.807, 2.05) is 41.8 Å². The van der Waals surface area contributed by atoms with E-state index in [0.29, 0.717) is 24.6 Å². The van der Waals surface area contributed by atoms with Crippen molar-refractivity contribution in [1.29, 1.82) is 0 Å². The van der Waals surface area contributed by atoms with Crippen LogP contribution < -0.4 is 9.47 Å². The minimum absolute atomic E-state index is 0.0679. The Bertz CT molecular complexity index is 697. The number of methoxy groups -OCH3 is 2. The van der Waals surface area contributed by atoms with Crippen LogP contribution in [-0.4, -0.2) is 62.0 Å². The van der Waals surface area contributed by atoms with Crippen molar-refractivity contribution >= 4 is 11.8 Å². The highest BCUT2D eigenvalue weighted by Gasteiger charge is 2.43. The fourth-order valence-electron chi connectivity index (χ4n) is 4.21. The fourth-order valence-corrected chi connectivity index (χ4v) is 4.21. The molecule has 0 bridgehead atoms. The number of nitrogens with zero attached hydrogens (tertiary/aromatic N) is 2. The van der Waals surface area contributed by atoms with Crippen LogP contribution in [0.3, 0.4) is 0 Å². The molecule has 2 amide bonds. The normalized spacial score (nSPS) is 22.4. The van der Waals surface area contributed by atoms with Crippen LogP contribution in [0.1, 0.15) is 38.2 Å². The van der Waals surface area contributed by atoms with Crippen molar-refractivity contribution in [3.8, 4) is 11.5 Å². The molecule has 2 heterocycles. The molecule has 0 aliphatic carbocycles. The van der Waals surface area contributed by atoms with E-state index in [-0.39, 0.29) is 29.6 Å². The van der Waals surface area contributed by atoms with Gasteiger partial charge in [-0.15, -0.1) is 0 Å². The molecular formula is C21H30N2O4. The van der Waals surface area contributed by atoms with Gasteiger partial charge in [0.05, 0.1) is 20.1 Å². The predicted molar refractivity (Wildman–Crippen MR) is 103 cm³/mol. The second kappa shape index (κ2) is 8.19. The van der Waals surface area contributed by atoms with Gasteiger partial charge in [-0.25, -0.2) is 0 Å². The Labute approximate surface area is 161 Å². The highest BCUT2D eigenvalue weighted by molar-refractivity contribution is 5.84. The Morgan fingerprint density at radius 3 is 2.33 bits per heavy atom. The topological polar surface area (TPSA) is 59.1 Å². The summed E-state index contributed by atoms with van der Waals surface area (Å²) >= 11 is 0. The molecule has 1 aromatic rings. The lowest BCUT2D eigenvalue weighted by Gasteiger charge is -2.25. The second-order valence-corrected chi connectivity index (χ2v) is 7.75. The maximum atomic E-state index is 13.2. The molecule has 0 radical (unpaired) electrons. The van der Waals surface area contributed by atoms with E-state index in [4.69, 9.17) is 9.47 Å². The van der Waals surface area contributed by atoms with Gasteiger partial charge in [-0.05, 0) is 18.9 Å². The minimum atomic E-state index is -0.229. The molecule has 6 nitrogen and oxygen atoms in total. The molecule has 2 saturated heterocycles. The van der Waals surface area contributed by atoms with Gasteiger partial charge in [0, 0.05) is 49.6 Å². The molecule has 0 saturated carbocycles. The Morgan fingerprint density at radius 1 is 1.04 bits per heavy atom. The van der Waals surface area contributed by atoms with Gasteiger partial charge in [0.25, 0.3) is 0 Å². The largest absolute Gasteiger partial charge is 0.497 e. The molecule has 0 spiro atoms. The number of rotatable bonds is 5. The molecule has 148 valence electrons. The first-order chi connectivity index (χ1) is 13.0. The van der Waals surface area contributed by atoms with E-state index < -0.39 is 0 Å². The molecule has 1 aromatic carbocycles. The number of hydrogen-bond acceptors (Lipinski definition) is 4. The monoisotopic (exact) mass is 374 g/mol. The summed E-state index contributed by atoms with van der Waals surface area (Å²) in [7, 11) is 3.24. The molecule has 0 aromatic heterocycles. The third-order valence-electron chi connectivity index (χ3n) is 5.70. The number of carbonyl (C=O) groups is 2. The molecule has 2 aliphatic heterocycles. The molecular weight excluding hydrogens is 344 g/mol. The van der Waals surface area contributed by atoms with Crippen LogP contribution >= 0.6 is 0 Å². The Balaban J connectivity index is 1.93. The van der Waals surface area contributed by atoms with Gasteiger partial charge < -0.3 is 19.3 Å². The van der Waals surface area contributed by atoms with E-state index in [9.17, 15) is 9.59 Å². The van der Waals surface area contributed by atoms with Crippen molar-refractivity contribution in [2.24, 2.45) is 11.8 Å². The summed E-state index contributed by atoms with van der Waals surface area (Å²) in [5, 5.41) is 0. The Hall–Kier alpha value is -2.24. The van der Waals surface area contributed by atoms with Crippen molar-refractivity contribution in [1.82, 2.24) is 9.80 Å². The third kappa shape index (κ3) is 3.89. The van der Waals surface area contributed by atoms with Crippen LogP contribution in [0.15, 0.2) is 18.2 Å². The first-order valence-corrected chi connectivity index (χ1v) is 9.75. The van der Waals surface area contributed by atoms with Crippen LogP contribution in [0.4, 0.5) is 0 Å². The van der Waals surface area contributed by atoms with Crippen molar-refractivity contribution in [2.45, 2.75) is 32.6 Å². The molecule has 6 heteroatoms. The van der Waals surface area contributed by atoms with Crippen LogP contribution in [-0.2, 0) is 9.59 Å². The number of hydrogen-bond donors (Lipinski definition) is 0. The summed E-state index contributed by atoms with van der Waals surface area (Å²) in [5.74, 6) is 1.31. The lowest BCUT2D eigenvalue weighted by molar-refractivity contribution is -0.135. The van der Waals surface area contributed by atoms with Gasteiger partial charge in [0.2, 0.25) is 11.8 Å². The highest BCUT2D eigenvalue weighted by atomic mass is 16.5. The fraction of sp³-hybridized carbons (Fsp3) is 0.619. The van der Waals surface area contributed by atoms with Crippen LogP contribution in [0.5, 0.6) is 11.5 Å². The zero-order valence-electron chi connectivity index (χ0n) is 16.7. The van der Waals surface area contributed by atoms with E-state index >= 15 is 0 Å². The Morgan fingerprint density at radius 2 is 1.74 bits per heavy atom. The van der Waals surface area contributed by atoms with E-state index in [0.717, 1.165) is 31.5 Å². The number of amides is 2. The van der Waals surface area contributed by atoms with E-state index in [1.54, 1.807) is 14.2 Å². The SMILES string of the molecule is COc1ccc(C2CN(C(=O)C(C)C)CC2C(=O)N2CCCC2)c(OC)c1. The summed E-state index contributed by atoms with van der Waals surface area (Å²) in [5.41, 5.74) is 0.968. The van der Waals surface area contributed by atoms with Gasteiger partial charge in [0.15, 0.2) is 0 Å². The zero-order chi connectivity index (χ0) is 19.6. The summed E-state index contributed by atoms with van der Waals surface area (Å²) < 4.78 is 10.9. The molecule has 2 aliphatic rings. The van der Waals surface area contributed by atoms with Crippen molar-refractivity contribution in [3.05, 3.63) is 23.8 Å². The van der Waals surface area contributed by atoms with Crippen LogP contribution in [0.2, 0.25) is 0 Å². The number of ether oxygens (including phenoxy) is 2. The summed E-state index contributed by atoms with van der Waals surface area (Å²) in [6.45, 7) is 6.47. The summed E-state index contributed by atoms with van der Waals surface area (Å²) in [6, 6.07) is 5.71. The molecule has 3 rings (SSSR count). The maximum Gasteiger partial charge on any atom is 0.228 e. The smallest absolute Gasteiger partial charge is 0.228 e. The maximum absolute atomic E-state index is 13.2. The average Bonchev–Trinajstić information content (AvgIpc) is 3.36. The molecule has 2 unspecified atom stereocenters. The van der Waals surface area contributed by atoms with E-state index in [1.165, 1.54) is 0 Å². The Kier molecular flexibility index (Phi) is 5.92. The first-order valence-electron chi connectivity index (χ1n) is 9.75. The number of benzene rings is 1. The van der Waals surface area contributed by atoms with E-state index in [2.05, 4.69) is 0 Å². The first kappa shape index (κ1) is 19.5. The number of likely N-dealkylation sites (tertiary alicyclic amines) is 2. The van der Waals surface area contributed by atoms with Crippen molar-refractivity contribution < 1.29 is 19.1 Å². The number of carbonyl (C=O) groups excluding carboxylic acids is 2. The standard InChI is InChI=1S/C21H30N2O4/c1-14(2)20(24)23-12-17(16-8-7-15(26-3)11-19(16)27-4)18(13-23)21(25)22-9-5-6-10-22/h7-8,11,14,17-18H,5-6,9-10,12-13H2,1-4H3.